The SMILES string of the molecule is N#Cc1ccc(-n2ccnc2)c(F)c1. The lowest BCUT2D eigenvalue weighted by Gasteiger charge is -2.02. The highest BCUT2D eigenvalue weighted by atomic mass is 19.1. The van der Waals surface area contributed by atoms with Gasteiger partial charge >= 0.3 is 0 Å². The lowest BCUT2D eigenvalue weighted by Crippen LogP contribution is -1.94. The molecule has 0 atom stereocenters. The summed E-state index contributed by atoms with van der Waals surface area (Å²) in [6.45, 7) is 0. The molecule has 3 nitrogen and oxygen atoms in total. The maximum absolute atomic E-state index is 13.4. The summed E-state index contributed by atoms with van der Waals surface area (Å²) in [6.07, 6.45) is 4.71. The highest BCUT2D eigenvalue weighted by Crippen LogP contribution is 2.14. The van der Waals surface area contributed by atoms with Crippen molar-refractivity contribution < 1.29 is 4.39 Å². The van der Waals surface area contributed by atoms with Gasteiger partial charge in [0.05, 0.1) is 23.6 Å². The molecule has 0 aliphatic heterocycles. The fraction of sp³-hybridized carbons (Fsp3) is 0. The first kappa shape index (κ1) is 8.45. The molecule has 0 radical (unpaired) electrons. The van der Waals surface area contributed by atoms with Crippen LogP contribution in [-0.4, -0.2) is 9.55 Å². The van der Waals surface area contributed by atoms with Gasteiger partial charge in [0, 0.05) is 12.4 Å². The van der Waals surface area contributed by atoms with Crippen molar-refractivity contribution in [2.75, 3.05) is 0 Å². The van der Waals surface area contributed by atoms with Crippen LogP contribution in [-0.2, 0) is 0 Å². The largest absolute Gasteiger partial charge is 0.303 e. The molecule has 0 unspecified atom stereocenters. The molecule has 0 spiro atoms. The van der Waals surface area contributed by atoms with Crippen molar-refractivity contribution in [2.45, 2.75) is 0 Å². The summed E-state index contributed by atoms with van der Waals surface area (Å²) in [6, 6.07) is 6.20. The van der Waals surface area contributed by atoms with Crippen LogP contribution in [0.3, 0.4) is 0 Å². The Balaban J connectivity index is 2.52. The number of aromatic nitrogens is 2. The molecule has 0 bridgehead atoms. The van der Waals surface area contributed by atoms with E-state index < -0.39 is 5.82 Å². The third-order valence-corrected chi connectivity index (χ3v) is 1.86. The van der Waals surface area contributed by atoms with Crippen LogP contribution in [0.4, 0.5) is 4.39 Å². The van der Waals surface area contributed by atoms with E-state index in [0.717, 1.165) is 0 Å². The van der Waals surface area contributed by atoms with Gasteiger partial charge in [0.25, 0.3) is 0 Å². The number of hydrogen-bond donors (Lipinski definition) is 0. The first-order chi connectivity index (χ1) is 6.81. The van der Waals surface area contributed by atoms with E-state index in [1.165, 1.54) is 12.4 Å². The van der Waals surface area contributed by atoms with Gasteiger partial charge in [-0.25, -0.2) is 9.37 Å². The number of imidazole rings is 1. The molecule has 0 saturated heterocycles. The zero-order valence-electron chi connectivity index (χ0n) is 7.18. The minimum atomic E-state index is -0.429. The zero-order chi connectivity index (χ0) is 9.97. The molecular formula is C10H6FN3. The predicted molar refractivity (Wildman–Crippen MR) is 48.2 cm³/mol. The van der Waals surface area contributed by atoms with E-state index in [2.05, 4.69) is 4.98 Å². The van der Waals surface area contributed by atoms with Gasteiger partial charge in [-0.1, -0.05) is 0 Å². The molecule has 1 aromatic carbocycles. The fourth-order valence-corrected chi connectivity index (χ4v) is 1.19. The van der Waals surface area contributed by atoms with Crippen molar-refractivity contribution in [1.29, 1.82) is 5.26 Å². The zero-order valence-corrected chi connectivity index (χ0v) is 7.18. The third kappa shape index (κ3) is 1.36. The first-order valence-electron chi connectivity index (χ1n) is 3.99. The Kier molecular flexibility index (Phi) is 1.99. The summed E-state index contributed by atoms with van der Waals surface area (Å²) >= 11 is 0. The average molecular weight is 187 g/mol. The summed E-state index contributed by atoms with van der Waals surface area (Å²) in [5, 5.41) is 8.55. The number of benzene rings is 1. The summed E-state index contributed by atoms with van der Waals surface area (Å²) in [7, 11) is 0. The molecule has 0 aliphatic rings. The molecule has 0 saturated carbocycles. The summed E-state index contributed by atoms with van der Waals surface area (Å²) in [4.78, 5) is 3.81. The van der Waals surface area contributed by atoms with Crippen molar-refractivity contribution in [3.8, 4) is 11.8 Å². The van der Waals surface area contributed by atoms with Gasteiger partial charge in [-0.2, -0.15) is 5.26 Å². The highest BCUT2D eigenvalue weighted by molar-refractivity contribution is 5.40. The Morgan fingerprint density at radius 3 is 2.86 bits per heavy atom. The fourth-order valence-electron chi connectivity index (χ4n) is 1.19. The standard InChI is InChI=1S/C10H6FN3/c11-9-5-8(6-12)1-2-10(9)14-4-3-13-7-14/h1-5,7H. The molecule has 1 heterocycles. The molecule has 1 aromatic heterocycles. The monoisotopic (exact) mass is 187 g/mol. The van der Waals surface area contributed by atoms with E-state index in [-0.39, 0.29) is 0 Å². The molecule has 4 heteroatoms. The molecule has 2 rings (SSSR count). The Bertz CT molecular complexity index is 483. The number of nitriles is 1. The number of hydrogen-bond acceptors (Lipinski definition) is 2. The van der Waals surface area contributed by atoms with E-state index in [1.54, 1.807) is 29.1 Å². The molecule has 14 heavy (non-hydrogen) atoms. The highest BCUT2D eigenvalue weighted by Gasteiger charge is 2.04. The van der Waals surface area contributed by atoms with Gasteiger partial charge < -0.3 is 4.57 Å². The van der Waals surface area contributed by atoms with Crippen LogP contribution in [0.2, 0.25) is 0 Å². The second kappa shape index (κ2) is 3.30. The topological polar surface area (TPSA) is 41.6 Å². The Hall–Kier alpha value is -2.15. The van der Waals surface area contributed by atoms with Gasteiger partial charge in [-0.05, 0) is 18.2 Å². The van der Waals surface area contributed by atoms with Gasteiger partial charge in [0.15, 0.2) is 0 Å². The minimum absolute atomic E-state index is 0.311. The van der Waals surface area contributed by atoms with Crippen LogP contribution in [0.15, 0.2) is 36.9 Å². The van der Waals surface area contributed by atoms with Crippen LogP contribution in [0.25, 0.3) is 5.69 Å². The van der Waals surface area contributed by atoms with E-state index in [0.29, 0.717) is 11.3 Å². The first-order valence-corrected chi connectivity index (χ1v) is 3.99. The van der Waals surface area contributed by atoms with Crippen LogP contribution in [0.1, 0.15) is 5.56 Å². The van der Waals surface area contributed by atoms with E-state index in [4.69, 9.17) is 5.26 Å². The summed E-state index contributed by atoms with van der Waals surface area (Å²) < 4.78 is 15.0. The Morgan fingerprint density at radius 2 is 2.29 bits per heavy atom. The number of halogens is 1. The average Bonchev–Trinajstić information content (AvgIpc) is 2.70. The van der Waals surface area contributed by atoms with Crippen LogP contribution < -0.4 is 0 Å². The van der Waals surface area contributed by atoms with E-state index >= 15 is 0 Å². The van der Waals surface area contributed by atoms with Crippen molar-refractivity contribution in [2.24, 2.45) is 0 Å². The van der Waals surface area contributed by atoms with Gasteiger partial charge in [-0.3, -0.25) is 0 Å². The van der Waals surface area contributed by atoms with Crippen LogP contribution in [0.5, 0.6) is 0 Å². The normalized spacial score (nSPS) is 9.71. The van der Waals surface area contributed by atoms with E-state index in [9.17, 15) is 4.39 Å². The molecular weight excluding hydrogens is 181 g/mol. The lowest BCUT2D eigenvalue weighted by molar-refractivity contribution is 0.617. The quantitative estimate of drug-likeness (QED) is 0.684. The smallest absolute Gasteiger partial charge is 0.148 e. The van der Waals surface area contributed by atoms with Gasteiger partial charge in [0.2, 0.25) is 0 Å². The Morgan fingerprint density at radius 1 is 1.43 bits per heavy atom. The second-order valence-corrected chi connectivity index (χ2v) is 2.75. The molecule has 0 fully saturated rings. The maximum Gasteiger partial charge on any atom is 0.148 e. The van der Waals surface area contributed by atoms with Crippen molar-refractivity contribution in [3.05, 3.63) is 48.3 Å². The van der Waals surface area contributed by atoms with Crippen molar-refractivity contribution >= 4 is 0 Å². The summed E-state index contributed by atoms with van der Waals surface area (Å²) in [5.74, 6) is -0.429. The minimum Gasteiger partial charge on any atom is -0.303 e. The molecule has 2 aromatic rings. The van der Waals surface area contributed by atoms with Crippen LogP contribution >= 0.6 is 0 Å². The lowest BCUT2D eigenvalue weighted by atomic mass is 10.2. The van der Waals surface area contributed by atoms with Gasteiger partial charge in [0.1, 0.15) is 5.82 Å². The maximum atomic E-state index is 13.4. The van der Waals surface area contributed by atoms with Crippen molar-refractivity contribution in [3.63, 3.8) is 0 Å². The number of rotatable bonds is 1. The Labute approximate surface area is 80.1 Å². The van der Waals surface area contributed by atoms with Crippen LogP contribution in [0, 0.1) is 17.1 Å². The number of nitrogens with zero attached hydrogens (tertiary/aromatic N) is 3. The predicted octanol–water partition coefficient (Wildman–Crippen LogP) is 1.88. The van der Waals surface area contributed by atoms with Crippen molar-refractivity contribution in [1.82, 2.24) is 9.55 Å². The van der Waals surface area contributed by atoms with Gasteiger partial charge in [-0.15, -0.1) is 0 Å². The van der Waals surface area contributed by atoms with E-state index in [1.807, 2.05) is 6.07 Å². The molecule has 0 N–H and O–H groups in total. The molecule has 0 aliphatic carbocycles. The molecule has 0 amide bonds. The summed E-state index contributed by atoms with van der Waals surface area (Å²) in [5.41, 5.74) is 0.702. The third-order valence-electron chi connectivity index (χ3n) is 1.86. The molecule has 68 valence electrons. The second-order valence-electron chi connectivity index (χ2n) is 2.75.